The molecule has 0 aliphatic heterocycles. The lowest BCUT2D eigenvalue weighted by Gasteiger charge is -2.01. The van der Waals surface area contributed by atoms with Crippen LogP contribution in [0.5, 0.6) is 5.75 Å². The number of phenolic OH excluding ortho intramolecular Hbond substituents is 1. The Kier molecular flexibility index (Phi) is 3.77. The number of esters is 1. The SMILES string of the molecule is COC(=O)C=Cc1cc(F)c(O)c(C=O)c1. The molecule has 1 aromatic carbocycles. The maximum Gasteiger partial charge on any atom is 0.330 e. The van der Waals surface area contributed by atoms with Crippen LogP contribution in [0.25, 0.3) is 6.08 Å². The molecule has 0 atom stereocenters. The van der Waals surface area contributed by atoms with Gasteiger partial charge in [-0.25, -0.2) is 9.18 Å². The van der Waals surface area contributed by atoms with Gasteiger partial charge in [0.15, 0.2) is 17.9 Å². The number of carbonyl (C=O) groups is 2. The molecule has 0 heterocycles. The van der Waals surface area contributed by atoms with E-state index in [0.29, 0.717) is 6.29 Å². The summed E-state index contributed by atoms with van der Waals surface area (Å²) in [5, 5.41) is 9.12. The van der Waals surface area contributed by atoms with E-state index in [1.165, 1.54) is 19.3 Å². The van der Waals surface area contributed by atoms with Crippen LogP contribution in [-0.4, -0.2) is 24.5 Å². The third-order valence-electron chi connectivity index (χ3n) is 1.86. The van der Waals surface area contributed by atoms with E-state index in [1.807, 2.05) is 0 Å². The zero-order chi connectivity index (χ0) is 12.1. The van der Waals surface area contributed by atoms with Gasteiger partial charge in [0.2, 0.25) is 0 Å². The Morgan fingerprint density at radius 1 is 1.50 bits per heavy atom. The van der Waals surface area contributed by atoms with Gasteiger partial charge in [0.25, 0.3) is 0 Å². The normalized spacial score (nSPS) is 10.4. The molecule has 0 saturated carbocycles. The molecule has 0 spiro atoms. The molecular weight excluding hydrogens is 215 g/mol. The van der Waals surface area contributed by atoms with Crippen molar-refractivity contribution in [2.45, 2.75) is 0 Å². The minimum absolute atomic E-state index is 0.176. The van der Waals surface area contributed by atoms with Crippen LogP contribution in [0.1, 0.15) is 15.9 Å². The van der Waals surface area contributed by atoms with Crippen molar-refractivity contribution in [3.8, 4) is 5.75 Å². The van der Waals surface area contributed by atoms with E-state index < -0.39 is 17.5 Å². The first-order valence-electron chi connectivity index (χ1n) is 4.32. The zero-order valence-electron chi connectivity index (χ0n) is 8.44. The fourth-order valence-corrected chi connectivity index (χ4v) is 1.06. The van der Waals surface area contributed by atoms with Gasteiger partial charge >= 0.3 is 5.97 Å². The lowest BCUT2D eigenvalue weighted by molar-refractivity contribution is -0.134. The summed E-state index contributed by atoms with van der Waals surface area (Å²) in [6.45, 7) is 0. The first-order chi connectivity index (χ1) is 7.58. The summed E-state index contributed by atoms with van der Waals surface area (Å²) in [4.78, 5) is 21.3. The van der Waals surface area contributed by atoms with Crippen molar-refractivity contribution >= 4 is 18.3 Å². The van der Waals surface area contributed by atoms with Crippen molar-refractivity contribution in [2.24, 2.45) is 0 Å². The quantitative estimate of drug-likeness (QED) is 0.480. The number of aromatic hydroxyl groups is 1. The van der Waals surface area contributed by atoms with Crippen LogP contribution in [0.4, 0.5) is 4.39 Å². The lowest BCUT2D eigenvalue weighted by Crippen LogP contribution is -1.94. The molecule has 16 heavy (non-hydrogen) atoms. The van der Waals surface area contributed by atoms with E-state index in [1.54, 1.807) is 0 Å². The third-order valence-corrected chi connectivity index (χ3v) is 1.86. The highest BCUT2D eigenvalue weighted by Gasteiger charge is 2.07. The van der Waals surface area contributed by atoms with Crippen molar-refractivity contribution < 1.29 is 23.8 Å². The zero-order valence-corrected chi connectivity index (χ0v) is 8.44. The highest BCUT2D eigenvalue weighted by atomic mass is 19.1. The number of aldehydes is 1. The molecule has 0 saturated heterocycles. The standard InChI is InChI=1S/C11H9FO4/c1-16-10(14)3-2-7-4-8(6-13)11(15)9(12)5-7/h2-6,15H,1H3. The summed E-state index contributed by atoms with van der Waals surface area (Å²) in [7, 11) is 1.21. The monoisotopic (exact) mass is 224 g/mol. The topological polar surface area (TPSA) is 63.6 Å². The van der Waals surface area contributed by atoms with Crippen LogP contribution in [0, 0.1) is 5.82 Å². The highest BCUT2D eigenvalue weighted by Crippen LogP contribution is 2.22. The summed E-state index contributed by atoms with van der Waals surface area (Å²) in [6, 6.07) is 2.26. The van der Waals surface area contributed by atoms with Gasteiger partial charge < -0.3 is 9.84 Å². The molecule has 0 radical (unpaired) electrons. The number of carbonyl (C=O) groups excluding carboxylic acids is 2. The van der Waals surface area contributed by atoms with Gasteiger partial charge in [-0.2, -0.15) is 0 Å². The largest absolute Gasteiger partial charge is 0.504 e. The molecule has 0 amide bonds. The Morgan fingerprint density at radius 3 is 2.75 bits per heavy atom. The Balaban J connectivity index is 3.07. The summed E-state index contributed by atoms with van der Waals surface area (Å²) in [5.41, 5.74) is 0.104. The minimum Gasteiger partial charge on any atom is -0.504 e. The lowest BCUT2D eigenvalue weighted by atomic mass is 10.1. The number of methoxy groups -OCH3 is 1. The maximum absolute atomic E-state index is 13.1. The van der Waals surface area contributed by atoms with Gasteiger partial charge in [0.05, 0.1) is 12.7 Å². The Morgan fingerprint density at radius 2 is 2.19 bits per heavy atom. The first-order valence-corrected chi connectivity index (χ1v) is 4.32. The molecular formula is C11H9FO4. The Hall–Kier alpha value is -2.17. The van der Waals surface area contributed by atoms with E-state index in [-0.39, 0.29) is 11.1 Å². The van der Waals surface area contributed by atoms with E-state index in [0.717, 1.165) is 12.1 Å². The van der Waals surface area contributed by atoms with Crippen LogP contribution >= 0.6 is 0 Å². The molecule has 0 aromatic heterocycles. The number of hydrogen-bond donors (Lipinski definition) is 1. The van der Waals surface area contributed by atoms with E-state index in [9.17, 15) is 14.0 Å². The van der Waals surface area contributed by atoms with Gasteiger partial charge in [-0.15, -0.1) is 0 Å². The summed E-state index contributed by atoms with van der Waals surface area (Å²) in [6.07, 6.45) is 2.69. The number of ether oxygens (including phenoxy) is 1. The molecule has 1 rings (SSSR count). The van der Waals surface area contributed by atoms with Crippen molar-refractivity contribution in [3.63, 3.8) is 0 Å². The number of benzene rings is 1. The number of rotatable bonds is 3. The molecule has 1 aromatic rings. The number of phenols is 1. The van der Waals surface area contributed by atoms with E-state index in [4.69, 9.17) is 5.11 Å². The first kappa shape index (κ1) is 11.9. The smallest absolute Gasteiger partial charge is 0.330 e. The molecule has 0 unspecified atom stereocenters. The molecule has 0 aliphatic rings. The van der Waals surface area contributed by atoms with Gasteiger partial charge in [-0.3, -0.25) is 4.79 Å². The summed E-state index contributed by atoms with van der Waals surface area (Å²) >= 11 is 0. The summed E-state index contributed by atoms with van der Waals surface area (Å²) < 4.78 is 17.4. The Bertz CT molecular complexity index is 452. The Labute approximate surface area is 91.0 Å². The molecule has 84 valence electrons. The van der Waals surface area contributed by atoms with Crippen molar-refractivity contribution in [1.29, 1.82) is 0 Å². The molecule has 0 fully saturated rings. The van der Waals surface area contributed by atoms with Crippen molar-refractivity contribution in [1.82, 2.24) is 0 Å². The minimum atomic E-state index is -0.922. The van der Waals surface area contributed by atoms with Crippen molar-refractivity contribution in [2.75, 3.05) is 7.11 Å². The number of hydrogen-bond acceptors (Lipinski definition) is 4. The fraction of sp³-hybridized carbons (Fsp3) is 0.0909. The van der Waals surface area contributed by atoms with E-state index >= 15 is 0 Å². The van der Waals surface area contributed by atoms with E-state index in [2.05, 4.69) is 4.74 Å². The van der Waals surface area contributed by atoms with Crippen LogP contribution in [0.2, 0.25) is 0 Å². The second-order valence-electron chi connectivity index (χ2n) is 2.91. The fourth-order valence-electron chi connectivity index (χ4n) is 1.06. The van der Waals surface area contributed by atoms with Crippen molar-refractivity contribution in [3.05, 3.63) is 35.2 Å². The molecule has 4 nitrogen and oxygen atoms in total. The number of halogens is 1. The molecule has 1 N–H and O–H groups in total. The highest BCUT2D eigenvalue weighted by molar-refractivity contribution is 5.88. The van der Waals surface area contributed by atoms with Gasteiger partial charge in [-0.1, -0.05) is 0 Å². The maximum atomic E-state index is 13.1. The predicted octanol–water partition coefficient (Wildman–Crippen LogP) is 1.53. The molecule has 5 heteroatoms. The van der Waals surface area contributed by atoms with Crippen LogP contribution in [0.15, 0.2) is 18.2 Å². The average Bonchev–Trinajstić information content (AvgIpc) is 2.29. The van der Waals surface area contributed by atoms with Gasteiger partial charge in [0.1, 0.15) is 0 Å². The summed E-state index contributed by atoms with van der Waals surface area (Å²) in [5.74, 6) is -2.22. The van der Waals surface area contributed by atoms with Gasteiger partial charge in [-0.05, 0) is 23.8 Å². The molecule has 0 aliphatic carbocycles. The molecule has 0 bridgehead atoms. The second kappa shape index (κ2) is 5.06. The predicted molar refractivity (Wildman–Crippen MR) is 54.5 cm³/mol. The third kappa shape index (κ3) is 2.66. The average molecular weight is 224 g/mol. The van der Waals surface area contributed by atoms with Crippen LogP contribution in [-0.2, 0) is 9.53 Å². The van der Waals surface area contributed by atoms with Crippen LogP contribution in [0.3, 0.4) is 0 Å². The second-order valence-corrected chi connectivity index (χ2v) is 2.91. The van der Waals surface area contributed by atoms with Crippen LogP contribution < -0.4 is 0 Å². The van der Waals surface area contributed by atoms with Gasteiger partial charge in [0, 0.05) is 6.08 Å².